The molecule has 0 aliphatic rings. The fourth-order valence-corrected chi connectivity index (χ4v) is 8.71. The molecule has 61 heavy (non-hydrogen) atoms. The molecule has 8 heteroatoms. The number of halogens is 3. The van der Waals surface area contributed by atoms with Gasteiger partial charge in [0.2, 0.25) is 0 Å². The van der Waals surface area contributed by atoms with Gasteiger partial charge in [0.25, 0.3) is 0 Å². The van der Waals surface area contributed by atoms with Crippen LogP contribution in [0.1, 0.15) is 22.3 Å². The van der Waals surface area contributed by atoms with E-state index in [1.807, 2.05) is 97.1 Å². The van der Waals surface area contributed by atoms with Crippen LogP contribution in [0.4, 0.5) is 18.9 Å². The lowest BCUT2D eigenvalue weighted by Gasteiger charge is -2.22. The molecule has 5 nitrogen and oxygen atoms in total. The number of fused-ring (bicyclic) bond motifs is 6. The van der Waals surface area contributed by atoms with Gasteiger partial charge in [-0.15, -0.1) is 0 Å². The molecule has 0 N–H and O–H groups in total. The molecule has 10 rings (SSSR count). The number of hydrogen-bond acceptors (Lipinski definition) is 2. The fraction of sp³-hybridized carbons (Fsp3) is 0.0377. The zero-order chi connectivity index (χ0) is 42.0. The summed E-state index contributed by atoms with van der Waals surface area (Å²) in [6.45, 7) is 9.14. The van der Waals surface area contributed by atoms with Gasteiger partial charge >= 0.3 is 6.18 Å². The van der Waals surface area contributed by atoms with E-state index in [2.05, 4.69) is 50.4 Å². The molecule has 0 amide bonds. The van der Waals surface area contributed by atoms with E-state index in [-0.39, 0.29) is 0 Å². The maximum atomic E-state index is 14.3. The standard InChI is InChI=1S/C53H30F3N5/c1-32-25-39(53(54,55)56)19-24-41(32)52-50(60-46-9-5-3-7-42(46)44-22-17-37(28-48(44)60)35-13-11-33(30-57)12-14-35)26-34(31-58)27-51(52)61-47-10-6-4-8-43(47)45-23-18-38(29-49(45)61)36-15-20-40(59-2)21-16-36/h3-29H,1H3. The van der Waals surface area contributed by atoms with E-state index < -0.39 is 11.7 Å². The number of benzene rings is 8. The van der Waals surface area contributed by atoms with Crippen molar-refractivity contribution in [1.29, 1.82) is 10.5 Å². The summed E-state index contributed by atoms with van der Waals surface area (Å²) in [6, 6.07) is 55.3. The summed E-state index contributed by atoms with van der Waals surface area (Å²) in [4.78, 5) is 3.56. The Morgan fingerprint density at radius 1 is 0.508 bits per heavy atom. The molecule has 0 spiro atoms. The minimum Gasteiger partial charge on any atom is -0.308 e. The Morgan fingerprint density at radius 3 is 1.46 bits per heavy atom. The molecule has 0 aliphatic heterocycles. The van der Waals surface area contributed by atoms with Crippen LogP contribution >= 0.6 is 0 Å². The Bertz CT molecular complexity index is 3350. The lowest BCUT2D eigenvalue weighted by molar-refractivity contribution is -0.137. The molecule has 2 heterocycles. The second-order valence-corrected chi connectivity index (χ2v) is 15.0. The van der Waals surface area contributed by atoms with E-state index in [9.17, 15) is 23.7 Å². The summed E-state index contributed by atoms with van der Waals surface area (Å²) in [5.74, 6) is 0. The van der Waals surface area contributed by atoms with E-state index >= 15 is 0 Å². The molecule has 2 aromatic heterocycles. The van der Waals surface area contributed by atoms with Crippen molar-refractivity contribution < 1.29 is 13.2 Å². The van der Waals surface area contributed by atoms with Crippen LogP contribution in [0.15, 0.2) is 164 Å². The largest absolute Gasteiger partial charge is 0.416 e. The Hall–Kier alpha value is -8.38. The smallest absolute Gasteiger partial charge is 0.308 e. The van der Waals surface area contributed by atoms with Gasteiger partial charge < -0.3 is 9.13 Å². The van der Waals surface area contributed by atoms with Crippen LogP contribution in [0.25, 0.3) is 93.2 Å². The first-order chi connectivity index (χ1) is 29.6. The lowest BCUT2D eigenvalue weighted by Crippen LogP contribution is -2.08. The summed E-state index contributed by atoms with van der Waals surface area (Å²) in [5, 5.41) is 24.1. The third-order valence-electron chi connectivity index (χ3n) is 11.6. The van der Waals surface area contributed by atoms with Crippen LogP contribution in [0.2, 0.25) is 0 Å². The van der Waals surface area contributed by atoms with Gasteiger partial charge in [0, 0.05) is 27.1 Å². The SMILES string of the molecule is [C-]#[N+]c1ccc(-c2ccc3c4ccccc4n(-c4cc(C#N)cc(-n5c6ccccc6c6ccc(-c7ccc(C#N)cc7)cc65)c4-c4ccc(C(F)(F)F)cc4C)c3c2)cc1. The second-order valence-electron chi connectivity index (χ2n) is 15.0. The Kier molecular flexibility index (Phi) is 8.58. The highest BCUT2D eigenvalue weighted by Gasteiger charge is 2.32. The molecule has 0 saturated carbocycles. The van der Waals surface area contributed by atoms with Crippen molar-refractivity contribution in [3.8, 4) is 56.9 Å². The third-order valence-corrected chi connectivity index (χ3v) is 11.6. The van der Waals surface area contributed by atoms with Gasteiger partial charge in [-0.1, -0.05) is 103 Å². The number of alkyl halides is 3. The Balaban J connectivity index is 1.35. The minimum atomic E-state index is -4.55. The summed E-state index contributed by atoms with van der Waals surface area (Å²) < 4.78 is 47.0. The number of rotatable bonds is 5. The van der Waals surface area contributed by atoms with Crippen LogP contribution in [0.5, 0.6) is 0 Å². The molecule has 0 unspecified atom stereocenters. The van der Waals surface area contributed by atoms with E-state index in [4.69, 9.17) is 6.57 Å². The van der Waals surface area contributed by atoms with E-state index in [0.717, 1.165) is 71.9 Å². The van der Waals surface area contributed by atoms with Gasteiger partial charge in [-0.2, -0.15) is 23.7 Å². The molecular weight excluding hydrogens is 764 g/mol. The first-order valence-corrected chi connectivity index (χ1v) is 19.5. The minimum absolute atomic E-state index is 0.365. The molecule has 288 valence electrons. The number of para-hydroxylation sites is 2. The molecule has 0 radical (unpaired) electrons. The maximum Gasteiger partial charge on any atom is 0.416 e. The van der Waals surface area contributed by atoms with Gasteiger partial charge in [-0.05, 0) is 101 Å². The van der Waals surface area contributed by atoms with E-state index in [1.54, 1.807) is 37.3 Å². The van der Waals surface area contributed by atoms with Crippen molar-refractivity contribution in [2.45, 2.75) is 13.1 Å². The quantitative estimate of drug-likeness (QED) is 0.163. The number of nitrogens with zero attached hydrogens (tertiary/aromatic N) is 5. The highest BCUT2D eigenvalue weighted by atomic mass is 19.4. The van der Waals surface area contributed by atoms with Crippen molar-refractivity contribution in [3.05, 3.63) is 197 Å². The molecule has 0 atom stereocenters. The number of aryl methyl sites for hydroxylation is 1. The van der Waals surface area contributed by atoms with Crippen LogP contribution in [0, 0.1) is 36.2 Å². The topological polar surface area (TPSA) is 61.8 Å². The summed E-state index contributed by atoms with van der Waals surface area (Å²) in [7, 11) is 0. The summed E-state index contributed by atoms with van der Waals surface area (Å²) >= 11 is 0. The van der Waals surface area contributed by atoms with Gasteiger partial charge in [0.05, 0.1) is 68.8 Å². The zero-order valence-corrected chi connectivity index (χ0v) is 32.5. The van der Waals surface area contributed by atoms with Crippen LogP contribution < -0.4 is 0 Å². The monoisotopic (exact) mass is 793 g/mol. The van der Waals surface area contributed by atoms with Crippen molar-refractivity contribution in [2.75, 3.05) is 0 Å². The van der Waals surface area contributed by atoms with Gasteiger partial charge in [-0.3, -0.25) is 0 Å². The first-order valence-electron chi connectivity index (χ1n) is 19.5. The highest BCUT2D eigenvalue weighted by molar-refractivity contribution is 6.13. The number of hydrogen-bond donors (Lipinski definition) is 0. The second kappa shape index (κ2) is 14.2. The van der Waals surface area contributed by atoms with Crippen LogP contribution in [-0.4, -0.2) is 9.13 Å². The molecule has 0 saturated heterocycles. The zero-order valence-electron chi connectivity index (χ0n) is 32.5. The summed E-state index contributed by atoms with van der Waals surface area (Å²) in [5.41, 5.74) is 10.6. The van der Waals surface area contributed by atoms with Crippen molar-refractivity contribution in [1.82, 2.24) is 9.13 Å². The van der Waals surface area contributed by atoms with E-state index in [0.29, 0.717) is 44.9 Å². The molecule has 0 bridgehead atoms. The molecule has 0 aliphatic carbocycles. The number of aromatic nitrogens is 2. The number of nitriles is 2. The normalized spacial score (nSPS) is 11.6. The van der Waals surface area contributed by atoms with Gasteiger partial charge in [0.15, 0.2) is 5.69 Å². The molecule has 8 aromatic carbocycles. The lowest BCUT2D eigenvalue weighted by atomic mass is 9.93. The molecular formula is C53H30F3N5. The summed E-state index contributed by atoms with van der Waals surface area (Å²) in [6.07, 6.45) is -4.55. The maximum absolute atomic E-state index is 14.3. The van der Waals surface area contributed by atoms with Gasteiger partial charge in [0.1, 0.15) is 0 Å². The first kappa shape index (κ1) is 36.9. The highest BCUT2D eigenvalue weighted by Crippen LogP contribution is 2.45. The van der Waals surface area contributed by atoms with Crippen LogP contribution in [0.3, 0.4) is 0 Å². The average molecular weight is 794 g/mol. The predicted octanol–water partition coefficient (Wildman–Crippen LogP) is 14.5. The van der Waals surface area contributed by atoms with Crippen molar-refractivity contribution in [3.63, 3.8) is 0 Å². The average Bonchev–Trinajstić information content (AvgIpc) is 3.80. The Labute approximate surface area is 348 Å². The van der Waals surface area contributed by atoms with Crippen molar-refractivity contribution in [2.24, 2.45) is 0 Å². The van der Waals surface area contributed by atoms with Gasteiger partial charge in [-0.25, -0.2) is 4.85 Å². The molecule has 0 fully saturated rings. The van der Waals surface area contributed by atoms with Crippen LogP contribution in [-0.2, 0) is 6.18 Å². The third kappa shape index (κ3) is 6.08. The Morgan fingerprint density at radius 2 is 0.984 bits per heavy atom. The van der Waals surface area contributed by atoms with Crippen molar-refractivity contribution >= 4 is 49.3 Å². The molecule has 10 aromatic rings. The van der Waals surface area contributed by atoms with E-state index in [1.165, 1.54) is 6.07 Å². The predicted molar refractivity (Wildman–Crippen MR) is 237 cm³/mol. The fourth-order valence-electron chi connectivity index (χ4n) is 8.71.